The van der Waals surface area contributed by atoms with Crippen LogP contribution in [-0.2, 0) is 9.53 Å². The number of rotatable bonds is 1. The molecule has 1 amide bonds. The molecule has 3 nitrogen and oxygen atoms in total. The summed E-state index contributed by atoms with van der Waals surface area (Å²) in [4.78, 5) is 10.7. The molecule has 0 aromatic rings. The second-order valence-electron chi connectivity index (χ2n) is 2.79. The van der Waals surface area contributed by atoms with Gasteiger partial charge in [0.15, 0.2) is 0 Å². The lowest BCUT2D eigenvalue weighted by atomic mass is 10.2. The topological polar surface area (TPSA) is 52.3 Å². The van der Waals surface area contributed by atoms with Crippen molar-refractivity contribution in [1.82, 2.24) is 0 Å². The molecule has 1 saturated heterocycles. The number of fused-ring (bicyclic) bond motifs is 1. The molecule has 0 aromatic carbocycles. The number of hydrogen-bond donors (Lipinski definition) is 1. The van der Waals surface area contributed by atoms with Crippen LogP contribution in [0.3, 0.4) is 0 Å². The van der Waals surface area contributed by atoms with E-state index in [0.29, 0.717) is 12.5 Å². The molecule has 3 heteroatoms. The summed E-state index contributed by atoms with van der Waals surface area (Å²) in [7, 11) is 0. The SMILES string of the molecule is NC(=O)C12CC1CCO2. The highest BCUT2D eigenvalue weighted by Gasteiger charge is 2.63. The Bertz CT molecular complexity index is 168. The Morgan fingerprint density at radius 3 is 2.78 bits per heavy atom. The first-order chi connectivity index (χ1) is 4.26. The van der Waals surface area contributed by atoms with E-state index >= 15 is 0 Å². The van der Waals surface area contributed by atoms with Gasteiger partial charge in [-0.05, 0) is 12.8 Å². The standard InChI is InChI=1S/C6H9NO2/c7-5(8)6-3-4(6)1-2-9-6/h4H,1-3H2,(H2,7,8). The first-order valence-corrected chi connectivity index (χ1v) is 3.19. The largest absolute Gasteiger partial charge is 0.367 e. The molecule has 1 saturated carbocycles. The molecule has 0 aromatic heterocycles. The highest BCUT2D eigenvalue weighted by atomic mass is 16.5. The number of hydrogen-bond acceptors (Lipinski definition) is 2. The maximum atomic E-state index is 10.7. The number of carbonyl (C=O) groups excluding carboxylic acids is 1. The van der Waals surface area contributed by atoms with Crippen molar-refractivity contribution in [3.63, 3.8) is 0 Å². The highest BCUT2D eigenvalue weighted by molar-refractivity contribution is 5.87. The Kier molecular flexibility index (Phi) is 0.750. The third-order valence-electron chi connectivity index (χ3n) is 2.29. The van der Waals surface area contributed by atoms with Crippen molar-refractivity contribution in [1.29, 1.82) is 0 Å². The smallest absolute Gasteiger partial charge is 0.249 e. The van der Waals surface area contributed by atoms with Crippen LogP contribution in [0.25, 0.3) is 0 Å². The average molecular weight is 127 g/mol. The van der Waals surface area contributed by atoms with E-state index in [1.165, 1.54) is 0 Å². The fourth-order valence-electron chi connectivity index (χ4n) is 1.58. The minimum atomic E-state index is -0.500. The summed E-state index contributed by atoms with van der Waals surface area (Å²) in [5.74, 6) is 0.181. The zero-order chi connectivity index (χ0) is 6.48. The monoisotopic (exact) mass is 127 g/mol. The minimum absolute atomic E-state index is 0.273. The van der Waals surface area contributed by atoms with Crippen LogP contribution in [0, 0.1) is 5.92 Å². The molecule has 0 bridgehead atoms. The van der Waals surface area contributed by atoms with Crippen molar-refractivity contribution in [2.45, 2.75) is 18.4 Å². The molecule has 2 aliphatic rings. The minimum Gasteiger partial charge on any atom is -0.367 e. The molecule has 50 valence electrons. The molecule has 1 aliphatic carbocycles. The van der Waals surface area contributed by atoms with Crippen molar-refractivity contribution in [3.05, 3.63) is 0 Å². The van der Waals surface area contributed by atoms with Crippen LogP contribution < -0.4 is 5.73 Å². The van der Waals surface area contributed by atoms with Crippen LogP contribution >= 0.6 is 0 Å². The summed E-state index contributed by atoms with van der Waals surface area (Å²) >= 11 is 0. The Morgan fingerprint density at radius 2 is 2.56 bits per heavy atom. The van der Waals surface area contributed by atoms with E-state index in [4.69, 9.17) is 10.5 Å². The quantitative estimate of drug-likeness (QED) is 0.523. The van der Waals surface area contributed by atoms with Crippen LogP contribution in [0.4, 0.5) is 0 Å². The van der Waals surface area contributed by atoms with E-state index in [-0.39, 0.29) is 5.91 Å². The first-order valence-electron chi connectivity index (χ1n) is 3.19. The summed E-state index contributed by atoms with van der Waals surface area (Å²) < 4.78 is 5.20. The van der Waals surface area contributed by atoms with Gasteiger partial charge in [0.1, 0.15) is 5.60 Å². The van der Waals surface area contributed by atoms with Gasteiger partial charge in [-0.1, -0.05) is 0 Å². The van der Waals surface area contributed by atoms with Crippen molar-refractivity contribution >= 4 is 5.91 Å². The number of amides is 1. The van der Waals surface area contributed by atoms with Gasteiger partial charge >= 0.3 is 0 Å². The molecule has 1 aliphatic heterocycles. The maximum absolute atomic E-state index is 10.7. The molecule has 2 unspecified atom stereocenters. The van der Waals surface area contributed by atoms with E-state index in [1.807, 2.05) is 0 Å². The Labute approximate surface area is 53.2 Å². The van der Waals surface area contributed by atoms with Gasteiger partial charge < -0.3 is 10.5 Å². The van der Waals surface area contributed by atoms with E-state index in [1.54, 1.807) is 0 Å². The summed E-state index contributed by atoms with van der Waals surface area (Å²) in [5, 5.41) is 0. The van der Waals surface area contributed by atoms with Gasteiger partial charge in [-0.3, -0.25) is 4.79 Å². The van der Waals surface area contributed by atoms with Crippen molar-refractivity contribution in [2.24, 2.45) is 11.7 Å². The Morgan fingerprint density at radius 1 is 1.78 bits per heavy atom. The summed E-state index contributed by atoms with van der Waals surface area (Å²) in [6.07, 6.45) is 1.88. The van der Waals surface area contributed by atoms with Gasteiger partial charge in [0, 0.05) is 12.5 Å². The molecule has 2 fully saturated rings. The van der Waals surface area contributed by atoms with E-state index in [9.17, 15) is 4.79 Å². The van der Waals surface area contributed by atoms with Crippen LogP contribution in [0.2, 0.25) is 0 Å². The number of primary amides is 1. The summed E-state index contributed by atoms with van der Waals surface area (Å²) in [6, 6.07) is 0. The zero-order valence-electron chi connectivity index (χ0n) is 5.09. The fraction of sp³-hybridized carbons (Fsp3) is 0.833. The number of carbonyl (C=O) groups is 1. The van der Waals surface area contributed by atoms with Gasteiger partial charge in [0.25, 0.3) is 0 Å². The average Bonchev–Trinajstić information content (AvgIpc) is 2.38. The molecule has 0 radical (unpaired) electrons. The Balaban J connectivity index is 2.19. The van der Waals surface area contributed by atoms with Gasteiger partial charge in [0.05, 0.1) is 0 Å². The van der Waals surface area contributed by atoms with Crippen molar-refractivity contribution in [3.8, 4) is 0 Å². The molecular formula is C6H9NO2. The van der Waals surface area contributed by atoms with Crippen LogP contribution in [0.15, 0.2) is 0 Å². The lowest BCUT2D eigenvalue weighted by Gasteiger charge is -2.05. The second kappa shape index (κ2) is 1.29. The molecule has 2 atom stereocenters. The molecule has 0 spiro atoms. The van der Waals surface area contributed by atoms with E-state index in [2.05, 4.69) is 0 Å². The number of ether oxygens (including phenoxy) is 1. The lowest BCUT2D eigenvalue weighted by Crippen LogP contribution is -2.32. The highest BCUT2D eigenvalue weighted by Crippen LogP contribution is 2.53. The molecule has 2 rings (SSSR count). The molecule has 2 N–H and O–H groups in total. The van der Waals surface area contributed by atoms with Crippen molar-refractivity contribution in [2.75, 3.05) is 6.61 Å². The van der Waals surface area contributed by atoms with Crippen LogP contribution in [0.5, 0.6) is 0 Å². The van der Waals surface area contributed by atoms with Gasteiger partial charge in [-0.15, -0.1) is 0 Å². The van der Waals surface area contributed by atoms with E-state index in [0.717, 1.165) is 12.8 Å². The zero-order valence-corrected chi connectivity index (χ0v) is 5.09. The molecular weight excluding hydrogens is 118 g/mol. The summed E-state index contributed by atoms with van der Waals surface area (Å²) in [5.41, 5.74) is 4.61. The normalized spacial score (nSPS) is 46.4. The molecule has 1 heterocycles. The van der Waals surface area contributed by atoms with Crippen molar-refractivity contribution < 1.29 is 9.53 Å². The summed E-state index contributed by atoms with van der Waals surface area (Å²) in [6.45, 7) is 0.716. The predicted octanol–water partition coefficient (Wildman–Crippen LogP) is -0.349. The third-order valence-corrected chi connectivity index (χ3v) is 2.29. The van der Waals surface area contributed by atoms with Gasteiger partial charge in [-0.2, -0.15) is 0 Å². The first kappa shape index (κ1) is 5.23. The van der Waals surface area contributed by atoms with Crippen LogP contribution in [0.1, 0.15) is 12.8 Å². The fourth-order valence-corrected chi connectivity index (χ4v) is 1.58. The number of nitrogens with two attached hydrogens (primary N) is 1. The molecule has 9 heavy (non-hydrogen) atoms. The van der Waals surface area contributed by atoms with Gasteiger partial charge in [0.2, 0.25) is 5.91 Å². The van der Waals surface area contributed by atoms with E-state index < -0.39 is 5.60 Å². The lowest BCUT2D eigenvalue weighted by molar-refractivity contribution is -0.130. The van der Waals surface area contributed by atoms with Gasteiger partial charge in [-0.25, -0.2) is 0 Å². The third kappa shape index (κ3) is 0.477. The predicted molar refractivity (Wildman–Crippen MR) is 30.6 cm³/mol. The Hall–Kier alpha value is -0.570. The second-order valence-corrected chi connectivity index (χ2v) is 2.79. The van der Waals surface area contributed by atoms with Crippen LogP contribution in [-0.4, -0.2) is 18.1 Å². The maximum Gasteiger partial charge on any atom is 0.249 e.